The summed E-state index contributed by atoms with van der Waals surface area (Å²) in [4.78, 5) is 19.8. The average Bonchev–Trinajstić information content (AvgIpc) is 2.77. The van der Waals surface area contributed by atoms with E-state index in [1.165, 1.54) is 36.1 Å². The number of ether oxygens (including phenoxy) is 1. The van der Waals surface area contributed by atoms with E-state index >= 15 is 0 Å². The summed E-state index contributed by atoms with van der Waals surface area (Å²) in [6, 6.07) is 7.77. The number of aromatic nitrogens is 3. The van der Waals surface area contributed by atoms with Gasteiger partial charge in [-0.1, -0.05) is 6.07 Å². The zero-order valence-electron chi connectivity index (χ0n) is 17.0. The number of alkyl halides is 3. The van der Waals surface area contributed by atoms with E-state index in [0.717, 1.165) is 30.5 Å². The maximum atomic E-state index is 14.1. The molecule has 0 saturated heterocycles. The van der Waals surface area contributed by atoms with Crippen LogP contribution in [0.15, 0.2) is 59.8 Å². The van der Waals surface area contributed by atoms with Crippen LogP contribution < -0.4 is 15.6 Å². The summed E-state index contributed by atoms with van der Waals surface area (Å²) in [6.45, 7) is -0.0717. The van der Waals surface area contributed by atoms with Crippen molar-refractivity contribution in [1.29, 1.82) is 0 Å². The van der Waals surface area contributed by atoms with Gasteiger partial charge in [-0.05, 0) is 30.3 Å². The first-order valence-corrected chi connectivity index (χ1v) is 9.52. The van der Waals surface area contributed by atoms with E-state index in [0.29, 0.717) is 5.52 Å². The van der Waals surface area contributed by atoms with Gasteiger partial charge < -0.3 is 14.6 Å². The van der Waals surface area contributed by atoms with Crippen LogP contribution in [-0.4, -0.2) is 21.6 Å². The average molecular weight is 462 g/mol. The predicted octanol–water partition coefficient (Wildman–Crippen LogP) is 4.97. The standard InChI is InChI=1S/C22H15F5N4O2/c1-28-17-9-18-14(8-19(17)33-21-15(22(25,26)27)3-2-6-29-21)20(32)30-11-31(18)10-12-4-5-13(23)7-16(12)24/h2-9,11,28H,10H2,1H3. The Bertz CT molecular complexity index is 1400. The van der Waals surface area contributed by atoms with Gasteiger partial charge in [-0.2, -0.15) is 18.2 Å². The van der Waals surface area contributed by atoms with Crippen LogP contribution in [0.25, 0.3) is 10.9 Å². The zero-order chi connectivity index (χ0) is 23.8. The van der Waals surface area contributed by atoms with Crippen molar-refractivity contribution in [2.24, 2.45) is 0 Å². The van der Waals surface area contributed by atoms with Gasteiger partial charge in [0.15, 0.2) is 5.75 Å². The van der Waals surface area contributed by atoms with Crippen molar-refractivity contribution in [3.05, 3.63) is 88.1 Å². The topological polar surface area (TPSA) is 69.0 Å². The Morgan fingerprint density at radius 1 is 1.09 bits per heavy atom. The third kappa shape index (κ3) is 4.47. The summed E-state index contributed by atoms with van der Waals surface area (Å²) in [7, 11) is 1.51. The molecular weight excluding hydrogens is 447 g/mol. The molecule has 0 aliphatic rings. The lowest BCUT2D eigenvalue weighted by Gasteiger charge is -2.17. The summed E-state index contributed by atoms with van der Waals surface area (Å²) in [6.07, 6.45) is -2.35. The van der Waals surface area contributed by atoms with Gasteiger partial charge >= 0.3 is 6.18 Å². The molecule has 0 atom stereocenters. The number of halogens is 5. The van der Waals surface area contributed by atoms with Crippen LogP contribution in [-0.2, 0) is 12.7 Å². The number of nitrogens with zero attached hydrogens (tertiary/aromatic N) is 3. The minimum atomic E-state index is -4.70. The lowest BCUT2D eigenvalue weighted by atomic mass is 10.1. The molecule has 2 aromatic carbocycles. The fraction of sp³-hybridized carbons (Fsp3) is 0.136. The Morgan fingerprint density at radius 3 is 2.58 bits per heavy atom. The van der Waals surface area contributed by atoms with Gasteiger partial charge in [-0.25, -0.2) is 13.8 Å². The molecule has 0 unspecified atom stereocenters. The number of pyridine rings is 1. The fourth-order valence-electron chi connectivity index (χ4n) is 3.26. The normalized spacial score (nSPS) is 11.6. The van der Waals surface area contributed by atoms with Gasteiger partial charge in [-0.15, -0.1) is 0 Å². The van der Waals surface area contributed by atoms with Gasteiger partial charge in [0.05, 0.1) is 29.5 Å². The van der Waals surface area contributed by atoms with Gasteiger partial charge in [0, 0.05) is 24.9 Å². The Kier molecular flexibility index (Phi) is 5.71. The van der Waals surface area contributed by atoms with Crippen molar-refractivity contribution in [3.63, 3.8) is 0 Å². The first-order chi connectivity index (χ1) is 15.7. The second-order valence-corrected chi connectivity index (χ2v) is 6.98. The SMILES string of the molecule is CNc1cc2c(cc1Oc1ncccc1C(F)(F)F)c(=O)ncn2Cc1ccc(F)cc1F. The largest absolute Gasteiger partial charge is 0.436 e. The molecule has 0 saturated carbocycles. The molecule has 0 amide bonds. The van der Waals surface area contributed by atoms with Crippen molar-refractivity contribution in [3.8, 4) is 11.6 Å². The molecule has 11 heteroatoms. The molecule has 2 aromatic heterocycles. The van der Waals surface area contributed by atoms with E-state index in [1.54, 1.807) is 0 Å². The number of fused-ring (bicyclic) bond motifs is 1. The van der Waals surface area contributed by atoms with E-state index in [1.807, 2.05) is 0 Å². The predicted molar refractivity (Wildman–Crippen MR) is 110 cm³/mol. The molecule has 0 spiro atoms. The minimum absolute atomic E-state index is 0.0264. The number of nitrogens with one attached hydrogen (secondary N) is 1. The number of benzene rings is 2. The highest BCUT2D eigenvalue weighted by atomic mass is 19.4. The number of hydrogen-bond donors (Lipinski definition) is 1. The summed E-state index contributed by atoms with van der Waals surface area (Å²) in [5.41, 5.74) is -1.03. The molecule has 0 fully saturated rings. The molecule has 33 heavy (non-hydrogen) atoms. The van der Waals surface area contributed by atoms with Crippen molar-refractivity contribution in [2.75, 3.05) is 12.4 Å². The van der Waals surface area contributed by atoms with Gasteiger partial charge in [0.2, 0.25) is 5.88 Å². The van der Waals surface area contributed by atoms with E-state index in [4.69, 9.17) is 4.74 Å². The highest BCUT2D eigenvalue weighted by Gasteiger charge is 2.35. The first kappa shape index (κ1) is 22.2. The molecular formula is C22H15F5N4O2. The summed E-state index contributed by atoms with van der Waals surface area (Å²) in [5.74, 6) is -2.27. The van der Waals surface area contributed by atoms with E-state index in [-0.39, 0.29) is 28.9 Å². The van der Waals surface area contributed by atoms with Crippen LogP contribution in [0.5, 0.6) is 11.6 Å². The number of rotatable bonds is 5. The molecule has 0 radical (unpaired) electrons. The second-order valence-electron chi connectivity index (χ2n) is 6.98. The molecule has 2 heterocycles. The Balaban J connectivity index is 1.82. The van der Waals surface area contributed by atoms with Crippen LogP contribution in [0.2, 0.25) is 0 Å². The second kappa shape index (κ2) is 8.49. The van der Waals surface area contributed by atoms with Crippen molar-refractivity contribution >= 4 is 16.6 Å². The van der Waals surface area contributed by atoms with Gasteiger partial charge in [-0.3, -0.25) is 4.79 Å². The molecule has 4 aromatic rings. The third-order valence-electron chi connectivity index (χ3n) is 4.86. The lowest BCUT2D eigenvalue weighted by molar-refractivity contribution is -0.138. The van der Waals surface area contributed by atoms with E-state index in [9.17, 15) is 26.7 Å². The Morgan fingerprint density at radius 2 is 1.88 bits per heavy atom. The van der Waals surface area contributed by atoms with Crippen LogP contribution in [0, 0.1) is 11.6 Å². The van der Waals surface area contributed by atoms with Crippen LogP contribution >= 0.6 is 0 Å². The maximum Gasteiger partial charge on any atom is 0.421 e. The van der Waals surface area contributed by atoms with Crippen LogP contribution in [0.1, 0.15) is 11.1 Å². The smallest absolute Gasteiger partial charge is 0.421 e. The molecule has 1 N–H and O–H groups in total. The number of hydrogen-bond acceptors (Lipinski definition) is 5. The van der Waals surface area contributed by atoms with E-state index < -0.39 is 34.8 Å². The lowest BCUT2D eigenvalue weighted by Crippen LogP contribution is -2.14. The molecule has 4 rings (SSSR count). The molecule has 170 valence electrons. The van der Waals surface area contributed by atoms with Crippen molar-refractivity contribution in [1.82, 2.24) is 14.5 Å². The Hall–Kier alpha value is -4.02. The first-order valence-electron chi connectivity index (χ1n) is 9.52. The molecule has 0 bridgehead atoms. The highest BCUT2D eigenvalue weighted by molar-refractivity contribution is 5.85. The molecule has 0 aliphatic heterocycles. The highest BCUT2D eigenvalue weighted by Crippen LogP contribution is 2.39. The maximum absolute atomic E-state index is 14.1. The third-order valence-corrected chi connectivity index (χ3v) is 4.86. The van der Waals surface area contributed by atoms with Gasteiger partial charge in [0.25, 0.3) is 5.56 Å². The number of anilines is 1. The van der Waals surface area contributed by atoms with Crippen molar-refractivity contribution in [2.45, 2.75) is 12.7 Å². The Labute approximate surface area is 183 Å². The summed E-state index contributed by atoms with van der Waals surface area (Å²) >= 11 is 0. The van der Waals surface area contributed by atoms with Crippen LogP contribution in [0.3, 0.4) is 0 Å². The zero-order valence-corrected chi connectivity index (χ0v) is 17.0. The quantitative estimate of drug-likeness (QED) is 0.424. The van der Waals surface area contributed by atoms with Crippen LogP contribution in [0.4, 0.5) is 27.6 Å². The fourth-order valence-corrected chi connectivity index (χ4v) is 3.26. The summed E-state index contributed by atoms with van der Waals surface area (Å²) in [5, 5.41) is 2.83. The van der Waals surface area contributed by atoms with Gasteiger partial charge in [0.1, 0.15) is 17.2 Å². The van der Waals surface area contributed by atoms with Crippen molar-refractivity contribution < 1.29 is 26.7 Å². The monoisotopic (exact) mass is 462 g/mol. The summed E-state index contributed by atoms with van der Waals surface area (Å²) < 4.78 is 74.2. The molecule has 6 nitrogen and oxygen atoms in total. The minimum Gasteiger partial charge on any atom is -0.436 e. The molecule has 0 aliphatic carbocycles. The van der Waals surface area contributed by atoms with E-state index in [2.05, 4.69) is 15.3 Å².